The summed E-state index contributed by atoms with van der Waals surface area (Å²) >= 11 is 1.66. The Hall–Kier alpha value is -1.72. The highest BCUT2D eigenvalue weighted by Gasteiger charge is 2.18. The number of hydrogen-bond acceptors (Lipinski definition) is 4. The Balaban J connectivity index is 1.97. The van der Waals surface area contributed by atoms with Gasteiger partial charge in [-0.25, -0.2) is 0 Å². The molecule has 0 spiro atoms. The van der Waals surface area contributed by atoms with Crippen molar-refractivity contribution in [1.82, 2.24) is 4.90 Å². The maximum Gasteiger partial charge on any atom is 0.270 e. The van der Waals surface area contributed by atoms with E-state index in [1.54, 1.807) is 23.5 Å². The van der Waals surface area contributed by atoms with Crippen LogP contribution < -0.4 is 0 Å². The second kappa shape index (κ2) is 5.58. The molecule has 0 saturated carbocycles. The molecule has 0 saturated heterocycles. The van der Waals surface area contributed by atoms with Gasteiger partial charge in [0.05, 0.1) is 4.92 Å². The van der Waals surface area contributed by atoms with Gasteiger partial charge >= 0.3 is 0 Å². The van der Waals surface area contributed by atoms with Gasteiger partial charge in [-0.3, -0.25) is 15.0 Å². The second-order valence-corrected chi connectivity index (χ2v) is 6.57. The van der Waals surface area contributed by atoms with Gasteiger partial charge in [0.25, 0.3) is 5.69 Å². The van der Waals surface area contributed by atoms with Crippen molar-refractivity contribution in [2.24, 2.45) is 0 Å². The van der Waals surface area contributed by atoms with Crippen LogP contribution in [0.3, 0.4) is 0 Å². The molecule has 0 aliphatic carbocycles. The van der Waals surface area contributed by atoms with Gasteiger partial charge in [0.2, 0.25) is 0 Å². The summed E-state index contributed by atoms with van der Waals surface area (Å²) < 4.78 is 1.11. The number of benzene rings is 1. The van der Waals surface area contributed by atoms with Crippen molar-refractivity contribution < 1.29 is 4.92 Å². The predicted molar refractivity (Wildman–Crippen MR) is 87.8 cm³/mol. The average molecular weight is 302 g/mol. The van der Waals surface area contributed by atoms with Crippen molar-refractivity contribution in [2.75, 3.05) is 13.1 Å². The van der Waals surface area contributed by atoms with E-state index in [2.05, 4.69) is 30.2 Å². The number of nitro groups is 1. The van der Waals surface area contributed by atoms with Crippen LogP contribution in [0.4, 0.5) is 5.69 Å². The fourth-order valence-corrected chi connectivity index (χ4v) is 3.74. The highest BCUT2D eigenvalue weighted by molar-refractivity contribution is 7.17. The summed E-state index contributed by atoms with van der Waals surface area (Å²) in [6, 6.07) is 5.70. The van der Waals surface area contributed by atoms with E-state index < -0.39 is 0 Å². The molecule has 0 radical (unpaired) electrons. The molecule has 2 heterocycles. The van der Waals surface area contributed by atoms with Crippen molar-refractivity contribution >= 4 is 32.7 Å². The molecule has 3 rings (SSSR count). The fourth-order valence-electron chi connectivity index (χ4n) is 2.78. The van der Waals surface area contributed by atoms with Crippen LogP contribution in [0, 0.1) is 10.1 Å². The maximum atomic E-state index is 11.0. The molecule has 0 bridgehead atoms. The van der Waals surface area contributed by atoms with Crippen molar-refractivity contribution in [3.8, 4) is 0 Å². The molecule has 1 aliphatic rings. The Bertz CT molecular complexity index is 718. The molecule has 1 aromatic heterocycles. The van der Waals surface area contributed by atoms with Gasteiger partial charge in [0.15, 0.2) is 0 Å². The van der Waals surface area contributed by atoms with Crippen molar-refractivity contribution in [2.45, 2.75) is 26.3 Å². The molecule has 5 heteroatoms. The molecular formula is C16H18N2O2S. The van der Waals surface area contributed by atoms with Crippen molar-refractivity contribution in [3.63, 3.8) is 0 Å². The summed E-state index contributed by atoms with van der Waals surface area (Å²) in [5, 5.41) is 14.1. The summed E-state index contributed by atoms with van der Waals surface area (Å²) in [7, 11) is 0. The summed E-state index contributed by atoms with van der Waals surface area (Å²) in [6.45, 7) is 6.43. The number of nitro benzene ring substituents is 1. The molecular weight excluding hydrogens is 284 g/mol. The zero-order valence-corrected chi connectivity index (χ0v) is 13.0. The standard InChI is InChI=1S/C16H18N2O2S/c1-11(2)17-7-5-12(6-8-17)15-10-21-16-4-3-13(18(19)20)9-14(15)16/h3-5,9-11H,6-8H2,1-2H3. The third-order valence-corrected chi connectivity index (χ3v) is 5.05. The molecule has 2 aromatic rings. The number of rotatable bonds is 3. The van der Waals surface area contributed by atoms with Crippen molar-refractivity contribution in [3.05, 3.63) is 45.3 Å². The van der Waals surface area contributed by atoms with Crippen molar-refractivity contribution in [1.29, 1.82) is 0 Å². The van der Waals surface area contributed by atoms with E-state index in [4.69, 9.17) is 0 Å². The Morgan fingerprint density at radius 1 is 1.38 bits per heavy atom. The van der Waals surface area contributed by atoms with Gasteiger partial charge in [-0.1, -0.05) is 6.08 Å². The summed E-state index contributed by atoms with van der Waals surface area (Å²) in [5.74, 6) is 0. The Kier molecular flexibility index (Phi) is 3.78. The SMILES string of the molecule is CC(C)N1CC=C(c2csc3ccc([N+](=O)[O-])cc23)CC1. The number of fused-ring (bicyclic) bond motifs is 1. The number of nitrogens with zero attached hydrogens (tertiary/aromatic N) is 2. The van der Waals surface area contributed by atoms with Gasteiger partial charge < -0.3 is 0 Å². The van der Waals surface area contributed by atoms with Gasteiger partial charge in [-0.05, 0) is 42.9 Å². The molecule has 0 N–H and O–H groups in total. The van der Waals surface area contributed by atoms with Crippen LogP contribution in [0.25, 0.3) is 15.7 Å². The Morgan fingerprint density at radius 3 is 2.81 bits per heavy atom. The Morgan fingerprint density at radius 2 is 2.19 bits per heavy atom. The first-order chi connectivity index (χ1) is 10.1. The van der Waals surface area contributed by atoms with E-state index in [0.717, 1.165) is 29.6 Å². The van der Waals surface area contributed by atoms with Gasteiger partial charge in [0, 0.05) is 41.4 Å². The van der Waals surface area contributed by atoms with Crippen LogP contribution >= 0.6 is 11.3 Å². The highest BCUT2D eigenvalue weighted by Crippen LogP contribution is 2.35. The fraction of sp³-hybridized carbons (Fsp3) is 0.375. The largest absolute Gasteiger partial charge is 0.297 e. The normalized spacial score (nSPS) is 16.4. The molecule has 0 fully saturated rings. The van der Waals surface area contributed by atoms with E-state index in [-0.39, 0.29) is 10.6 Å². The minimum absolute atomic E-state index is 0.169. The third-order valence-electron chi connectivity index (χ3n) is 4.08. The predicted octanol–water partition coefficient (Wildman–Crippen LogP) is 4.31. The lowest BCUT2D eigenvalue weighted by atomic mass is 9.98. The molecule has 110 valence electrons. The number of non-ortho nitro benzene ring substituents is 1. The first-order valence-corrected chi connectivity index (χ1v) is 8.03. The minimum atomic E-state index is -0.323. The van der Waals surface area contributed by atoms with E-state index in [9.17, 15) is 10.1 Å². The van der Waals surface area contributed by atoms with Crippen LogP contribution in [-0.4, -0.2) is 29.0 Å². The zero-order chi connectivity index (χ0) is 15.0. The maximum absolute atomic E-state index is 11.0. The molecule has 0 unspecified atom stereocenters. The van der Waals surface area contributed by atoms with E-state index >= 15 is 0 Å². The smallest absolute Gasteiger partial charge is 0.270 e. The lowest BCUT2D eigenvalue weighted by Gasteiger charge is -2.29. The third kappa shape index (κ3) is 2.71. The first-order valence-electron chi connectivity index (χ1n) is 7.15. The van der Waals surface area contributed by atoms with E-state index in [0.29, 0.717) is 6.04 Å². The van der Waals surface area contributed by atoms with Gasteiger partial charge in [-0.2, -0.15) is 0 Å². The average Bonchev–Trinajstić information content (AvgIpc) is 2.90. The molecule has 1 aliphatic heterocycles. The van der Waals surface area contributed by atoms with E-state index in [1.165, 1.54) is 11.1 Å². The minimum Gasteiger partial charge on any atom is -0.297 e. The Labute approximate surface area is 127 Å². The molecule has 0 amide bonds. The lowest BCUT2D eigenvalue weighted by Crippen LogP contribution is -2.34. The monoisotopic (exact) mass is 302 g/mol. The van der Waals surface area contributed by atoms with Gasteiger partial charge in [0.1, 0.15) is 0 Å². The van der Waals surface area contributed by atoms with Crippen LogP contribution in [0.15, 0.2) is 29.7 Å². The molecule has 4 nitrogen and oxygen atoms in total. The second-order valence-electron chi connectivity index (χ2n) is 5.65. The van der Waals surface area contributed by atoms with Gasteiger partial charge in [-0.15, -0.1) is 11.3 Å². The topological polar surface area (TPSA) is 46.4 Å². The number of hydrogen-bond donors (Lipinski definition) is 0. The molecule has 21 heavy (non-hydrogen) atoms. The van der Waals surface area contributed by atoms with Crippen LogP contribution in [0.5, 0.6) is 0 Å². The highest BCUT2D eigenvalue weighted by atomic mass is 32.1. The summed E-state index contributed by atoms with van der Waals surface area (Å²) in [4.78, 5) is 13.1. The first kappa shape index (κ1) is 14.2. The van der Waals surface area contributed by atoms with Crippen LogP contribution in [-0.2, 0) is 0 Å². The number of thiophene rings is 1. The van der Waals surface area contributed by atoms with Crippen LogP contribution in [0.2, 0.25) is 0 Å². The zero-order valence-electron chi connectivity index (χ0n) is 12.2. The summed E-state index contributed by atoms with van der Waals surface area (Å²) in [5.41, 5.74) is 2.66. The molecule has 1 aromatic carbocycles. The summed E-state index contributed by atoms with van der Waals surface area (Å²) in [6.07, 6.45) is 3.27. The van der Waals surface area contributed by atoms with E-state index in [1.807, 2.05) is 6.07 Å². The lowest BCUT2D eigenvalue weighted by molar-refractivity contribution is -0.384. The molecule has 0 atom stereocenters. The van der Waals surface area contributed by atoms with Crippen LogP contribution in [0.1, 0.15) is 25.8 Å². The quantitative estimate of drug-likeness (QED) is 0.627.